The van der Waals surface area contributed by atoms with Gasteiger partial charge in [-0.2, -0.15) is 0 Å². The summed E-state index contributed by atoms with van der Waals surface area (Å²) in [5.41, 5.74) is -0.943. The van der Waals surface area contributed by atoms with Gasteiger partial charge < -0.3 is 10.1 Å². The van der Waals surface area contributed by atoms with Crippen molar-refractivity contribution in [2.45, 2.75) is 32.7 Å². The number of hydrogen-bond donors (Lipinski definition) is 1. The summed E-state index contributed by atoms with van der Waals surface area (Å²) in [6, 6.07) is 0. The summed E-state index contributed by atoms with van der Waals surface area (Å²) in [5.74, 6) is -0.304. The van der Waals surface area contributed by atoms with Crippen molar-refractivity contribution in [3.8, 4) is 0 Å². The molecule has 0 aromatic rings. The third-order valence-electron chi connectivity index (χ3n) is 2.24. The van der Waals surface area contributed by atoms with Crippen molar-refractivity contribution >= 4 is 11.9 Å². The maximum atomic E-state index is 11.8. The summed E-state index contributed by atoms with van der Waals surface area (Å²) in [4.78, 5) is 22.9. The zero-order valence-electron chi connectivity index (χ0n) is 9.37. The van der Waals surface area contributed by atoms with Crippen molar-refractivity contribution in [2.75, 3.05) is 6.61 Å². The topological polar surface area (TPSA) is 55.4 Å². The molecule has 0 aromatic carbocycles. The molecule has 4 nitrogen and oxygen atoms in total. The molecule has 0 aromatic heterocycles. The molecule has 1 amide bonds. The highest BCUT2D eigenvalue weighted by atomic mass is 16.5. The third-order valence-corrected chi connectivity index (χ3v) is 2.24. The number of esters is 1. The fourth-order valence-electron chi connectivity index (χ4n) is 1.75. The van der Waals surface area contributed by atoms with Gasteiger partial charge in [0.15, 0.2) is 5.54 Å². The van der Waals surface area contributed by atoms with E-state index in [2.05, 4.69) is 5.32 Å². The van der Waals surface area contributed by atoms with Crippen LogP contribution in [-0.2, 0) is 14.3 Å². The standard InChI is InChI=1S/C11H17NO3/c1-4-15-10(14)11(7-8(2)3)6-5-9(13)12-11/h5-6,8H,4,7H2,1-3H3,(H,12,13). The Morgan fingerprint density at radius 3 is 2.67 bits per heavy atom. The molecule has 0 saturated heterocycles. The highest BCUT2D eigenvalue weighted by Crippen LogP contribution is 2.24. The van der Waals surface area contributed by atoms with E-state index in [1.165, 1.54) is 6.08 Å². The summed E-state index contributed by atoms with van der Waals surface area (Å²) in [5, 5.41) is 2.66. The van der Waals surface area contributed by atoms with E-state index in [-0.39, 0.29) is 11.9 Å². The van der Waals surface area contributed by atoms with Gasteiger partial charge in [-0.1, -0.05) is 13.8 Å². The van der Waals surface area contributed by atoms with E-state index in [0.717, 1.165) is 0 Å². The number of nitrogens with one attached hydrogen (secondary N) is 1. The van der Waals surface area contributed by atoms with Crippen LogP contribution in [0, 0.1) is 5.92 Å². The number of carbonyl (C=O) groups is 2. The first-order chi connectivity index (χ1) is 7.00. The van der Waals surface area contributed by atoms with E-state index in [1.807, 2.05) is 13.8 Å². The first kappa shape index (κ1) is 11.8. The zero-order chi connectivity index (χ0) is 11.5. The largest absolute Gasteiger partial charge is 0.464 e. The molecule has 1 rings (SSSR count). The Kier molecular flexibility index (Phi) is 3.50. The molecule has 1 N–H and O–H groups in total. The van der Waals surface area contributed by atoms with Gasteiger partial charge in [-0.05, 0) is 25.3 Å². The second kappa shape index (κ2) is 4.47. The molecule has 1 atom stereocenters. The van der Waals surface area contributed by atoms with Crippen molar-refractivity contribution in [1.82, 2.24) is 5.32 Å². The van der Waals surface area contributed by atoms with Gasteiger partial charge in [0.2, 0.25) is 5.91 Å². The molecule has 4 heteroatoms. The average Bonchev–Trinajstić information content (AvgIpc) is 2.48. The number of hydrogen-bond acceptors (Lipinski definition) is 3. The van der Waals surface area contributed by atoms with E-state index < -0.39 is 5.54 Å². The van der Waals surface area contributed by atoms with Crippen LogP contribution in [0.1, 0.15) is 27.2 Å². The second-order valence-corrected chi connectivity index (χ2v) is 4.11. The SMILES string of the molecule is CCOC(=O)C1(CC(C)C)C=CC(=O)N1. The Labute approximate surface area is 89.7 Å². The van der Waals surface area contributed by atoms with E-state index in [9.17, 15) is 9.59 Å². The molecule has 0 spiro atoms. The van der Waals surface area contributed by atoms with Crippen LogP contribution in [0.25, 0.3) is 0 Å². The Bertz CT molecular complexity index is 296. The lowest BCUT2D eigenvalue weighted by Gasteiger charge is -2.27. The van der Waals surface area contributed by atoms with Gasteiger partial charge in [0.05, 0.1) is 6.61 Å². The molecule has 1 unspecified atom stereocenters. The monoisotopic (exact) mass is 211 g/mol. The highest BCUT2D eigenvalue weighted by Gasteiger charge is 2.42. The lowest BCUT2D eigenvalue weighted by molar-refractivity contribution is -0.150. The predicted octanol–water partition coefficient (Wildman–Crippen LogP) is 1.02. The van der Waals surface area contributed by atoms with Crippen LogP contribution in [0.4, 0.5) is 0 Å². The molecule has 0 aliphatic carbocycles. The van der Waals surface area contributed by atoms with Crippen LogP contribution in [-0.4, -0.2) is 24.0 Å². The van der Waals surface area contributed by atoms with Gasteiger partial charge in [0, 0.05) is 6.08 Å². The summed E-state index contributed by atoms with van der Waals surface area (Å²) in [7, 11) is 0. The maximum Gasteiger partial charge on any atom is 0.335 e. The molecular weight excluding hydrogens is 194 g/mol. The normalized spacial score (nSPS) is 24.4. The minimum absolute atomic E-state index is 0.233. The summed E-state index contributed by atoms with van der Waals surface area (Å²) in [6.07, 6.45) is 3.56. The first-order valence-corrected chi connectivity index (χ1v) is 5.19. The molecule has 1 aliphatic heterocycles. The molecular formula is C11H17NO3. The van der Waals surface area contributed by atoms with Crippen molar-refractivity contribution in [3.05, 3.63) is 12.2 Å². The predicted molar refractivity (Wildman–Crippen MR) is 56.1 cm³/mol. The number of carbonyl (C=O) groups excluding carboxylic acids is 2. The zero-order valence-corrected chi connectivity index (χ0v) is 9.37. The van der Waals surface area contributed by atoms with Crippen LogP contribution in [0.2, 0.25) is 0 Å². The first-order valence-electron chi connectivity index (χ1n) is 5.19. The molecule has 0 radical (unpaired) electrons. The van der Waals surface area contributed by atoms with Crippen molar-refractivity contribution < 1.29 is 14.3 Å². The molecule has 84 valence electrons. The molecule has 15 heavy (non-hydrogen) atoms. The van der Waals surface area contributed by atoms with E-state index in [4.69, 9.17) is 4.74 Å². The second-order valence-electron chi connectivity index (χ2n) is 4.11. The smallest absolute Gasteiger partial charge is 0.335 e. The lowest BCUT2D eigenvalue weighted by atomic mass is 9.90. The highest BCUT2D eigenvalue weighted by molar-refractivity contribution is 5.99. The summed E-state index contributed by atoms with van der Waals surface area (Å²) < 4.78 is 4.97. The van der Waals surface area contributed by atoms with Gasteiger partial charge in [0.25, 0.3) is 0 Å². The number of amides is 1. The summed E-state index contributed by atoms with van der Waals surface area (Å²) in [6.45, 7) is 6.07. The fraction of sp³-hybridized carbons (Fsp3) is 0.636. The van der Waals surface area contributed by atoms with Crippen LogP contribution in [0.15, 0.2) is 12.2 Å². The van der Waals surface area contributed by atoms with Crippen LogP contribution in [0.5, 0.6) is 0 Å². The molecule has 1 heterocycles. The molecule has 0 fully saturated rings. The maximum absolute atomic E-state index is 11.8. The fourth-order valence-corrected chi connectivity index (χ4v) is 1.75. The van der Waals surface area contributed by atoms with E-state index >= 15 is 0 Å². The van der Waals surface area contributed by atoms with Crippen molar-refractivity contribution in [2.24, 2.45) is 5.92 Å². The van der Waals surface area contributed by atoms with Gasteiger partial charge in [-0.25, -0.2) is 4.79 Å². The quantitative estimate of drug-likeness (QED) is 0.706. The van der Waals surface area contributed by atoms with Gasteiger partial charge in [0.1, 0.15) is 0 Å². The lowest BCUT2D eigenvalue weighted by Crippen LogP contribution is -2.51. The van der Waals surface area contributed by atoms with Crippen molar-refractivity contribution in [3.63, 3.8) is 0 Å². The molecule has 1 aliphatic rings. The Morgan fingerprint density at radius 1 is 1.60 bits per heavy atom. The van der Waals surface area contributed by atoms with Crippen LogP contribution >= 0.6 is 0 Å². The van der Waals surface area contributed by atoms with E-state index in [1.54, 1.807) is 13.0 Å². The average molecular weight is 211 g/mol. The van der Waals surface area contributed by atoms with Crippen LogP contribution < -0.4 is 5.32 Å². The van der Waals surface area contributed by atoms with Gasteiger partial charge in [-0.15, -0.1) is 0 Å². The Balaban J connectivity index is 2.83. The Morgan fingerprint density at radius 2 is 2.27 bits per heavy atom. The Hall–Kier alpha value is -1.32. The van der Waals surface area contributed by atoms with E-state index in [0.29, 0.717) is 18.9 Å². The van der Waals surface area contributed by atoms with Gasteiger partial charge in [-0.3, -0.25) is 4.79 Å². The molecule has 0 saturated carbocycles. The number of ether oxygens (including phenoxy) is 1. The summed E-state index contributed by atoms with van der Waals surface area (Å²) >= 11 is 0. The minimum atomic E-state index is -0.943. The van der Waals surface area contributed by atoms with Gasteiger partial charge >= 0.3 is 5.97 Å². The molecule has 0 bridgehead atoms. The van der Waals surface area contributed by atoms with Crippen molar-refractivity contribution in [1.29, 1.82) is 0 Å². The number of rotatable bonds is 4. The van der Waals surface area contributed by atoms with Crippen LogP contribution in [0.3, 0.4) is 0 Å². The minimum Gasteiger partial charge on any atom is -0.464 e. The third kappa shape index (κ3) is 2.58.